The van der Waals surface area contributed by atoms with Crippen molar-refractivity contribution in [3.8, 4) is 11.8 Å². The molecule has 0 spiro atoms. The van der Waals surface area contributed by atoms with Crippen molar-refractivity contribution >= 4 is 11.8 Å². The second-order valence-electron chi connectivity index (χ2n) is 4.59. The molecule has 0 heterocycles. The van der Waals surface area contributed by atoms with E-state index in [9.17, 15) is 14.0 Å². The third kappa shape index (κ3) is 3.80. The number of hydrogen-bond acceptors (Lipinski definition) is 3. The number of halogens is 1. The lowest BCUT2D eigenvalue weighted by Crippen LogP contribution is -2.53. The van der Waals surface area contributed by atoms with Crippen LogP contribution in [0.1, 0.15) is 29.8 Å². The summed E-state index contributed by atoms with van der Waals surface area (Å²) >= 11 is 0. The molecule has 0 bridgehead atoms. The van der Waals surface area contributed by atoms with Crippen LogP contribution in [0.2, 0.25) is 0 Å². The second kappa shape index (κ2) is 6.17. The second-order valence-corrected chi connectivity index (χ2v) is 4.59. The Kier molecular flexibility index (Phi) is 4.83. The molecular formula is C14H15FN2O3. The molecule has 0 saturated carbocycles. The van der Waals surface area contributed by atoms with Crippen LogP contribution in [0.15, 0.2) is 18.2 Å². The fourth-order valence-electron chi connectivity index (χ4n) is 1.36. The van der Waals surface area contributed by atoms with Gasteiger partial charge < -0.3 is 16.2 Å². The first-order valence-electron chi connectivity index (χ1n) is 5.79. The van der Waals surface area contributed by atoms with E-state index in [4.69, 9.17) is 10.8 Å². The van der Waals surface area contributed by atoms with Crippen molar-refractivity contribution in [1.29, 1.82) is 0 Å². The lowest BCUT2D eigenvalue weighted by molar-refractivity contribution is -0.122. The Labute approximate surface area is 116 Å². The predicted molar refractivity (Wildman–Crippen MR) is 71.1 cm³/mol. The molecule has 0 aliphatic heterocycles. The molecule has 0 radical (unpaired) electrons. The van der Waals surface area contributed by atoms with Gasteiger partial charge in [-0.3, -0.25) is 9.59 Å². The van der Waals surface area contributed by atoms with Crippen LogP contribution in [0, 0.1) is 17.7 Å². The van der Waals surface area contributed by atoms with Gasteiger partial charge in [-0.15, -0.1) is 0 Å². The third-order valence-electron chi connectivity index (χ3n) is 2.57. The molecule has 6 heteroatoms. The van der Waals surface area contributed by atoms with E-state index < -0.39 is 23.2 Å². The molecule has 0 saturated heterocycles. The fraction of sp³-hybridized carbons (Fsp3) is 0.286. The van der Waals surface area contributed by atoms with E-state index in [2.05, 4.69) is 17.2 Å². The fourth-order valence-corrected chi connectivity index (χ4v) is 1.36. The zero-order valence-electron chi connectivity index (χ0n) is 11.2. The molecule has 0 fully saturated rings. The lowest BCUT2D eigenvalue weighted by atomic mass is 10.0. The maximum absolute atomic E-state index is 13.3. The topological polar surface area (TPSA) is 92.4 Å². The summed E-state index contributed by atoms with van der Waals surface area (Å²) in [7, 11) is 0. The highest BCUT2D eigenvalue weighted by Gasteiger charge is 2.28. The number of amides is 2. The maximum Gasteiger partial charge on any atom is 0.253 e. The highest BCUT2D eigenvalue weighted by atomic mass is 19.1. The van der Waals surface area contributed by atoms with Gasteiger partial charge in [-0.2, -0.15) is 0 Å². The lowest BCUT2D eigenvalue weighted by Gasteiger charge is -2.22. The Morgan fingerprint density at radius 2 is 2.10 bits per heavy atom. The molecule has 5 nitrogen and oxygen atoms in total. The molecule has 2 amide bonds. The molecule has 4 N–H and O–H groups in total. The zero-order valence-corrected chi connectivity index (χ0v) is 11.2. The van der Waals surface area contributed by atoms with Crippen molar-refractivity contribution in [3.05, 3.63) is 35.1 Å². The molecule has 0 aliphatic carbocycles. The molecule has 1 aromatic carbocycles. The van der Waals surface area contributed by atoms with E-state index in [1.165, 1.54) is 19.9 Å². The summed E-state index contributed by atoms with van der Waals surface area (Å²) in [6.45, 7) is 2.49. The quantitative estimate of drug-likeness (QED) is 0.688. The van der Waals surface area contributed by atoms with Crippen LogP contribution in [0.3, 0.4) is 0 Å². The number of hydrogen-bond donors (Lipinski definition) is 3. The average molecular weight is 278 g/mol. The van der Waals surface area contributed by atoms with Gasteiger partial charge in [0.25, 0.3) is 5.91 Å². The first-order valence-corrected chi connectivity index (χ1v) is 5.79. The predicted octanol–water partition coefficient (Wildman–Crippen LogP) is 0.163. The van der Waals surface area contributed by atoms with E-state index in [-0.39, 0.29) is 17.7 Å². The Hall–Kier alpha value is -2.39. The van der Waals surface area contributed by atoms with Crippen molar-refractivity contribution in [3.63, 3.8) is 0 Å². The van der Waals surface area contributed by atoms with Crippen molar-refractivity contribution in [2.24, 2.45) is 5.73 Å². The van der Waals surface area contributed by atoms with Crippen LogP contribution < -0.4 is 11.1 Å². The van der Waals surface area contributed by atoms with Crippen LogP contribution in [0.25, 0.3) is 0 Å². The normalized spacial score (nSPS) is 10.4. The molecule has 1 rings (SSSR count). The van der Waals surface area contributed by atoms with E-state index in [0.29, 0.717) is 0 Å². The highest BCUT2D eigenvalue weighted by molar-refractivity contribution is 6.00. The van der Waals surface area contributed by atoms with E-state index in [1.54, 1.807) is 0 Å². The van der Waals surface area contributed by atoms with Crippen LogP contribution in [0.5, 0.6) is 0 Å². The van der Waals surface area contributed by atoms with Gasteiger partial charge in [0.15, 0.2) is 0 Å². The summed E-state index contributed by atoms with van der Waals surface area (Å²) in [6.07, 6.45) is 0. The van der Waals surface area contributed by atoms with E-state index in [0.717, 1.165) is 12.1 Å². The number of benzene rings is 1. The van der Waals surface area contributed by atoms with Crippen molar-refractivity contribution in [2.45, 2.75) is 19.4 Å². The van der Waals surface area contributed by atoms with Crippen LogP contribution in [-0.2, 0) is 4.79 Å². The number of carbonyl (C=O) groups excluding carboxylic acids is 2. The van der Waals surface area contributed by atoms with Crippen molar-refractivity contribution in [1.82, 2.24) is 5.32 Å². The first kappa shape index (κ1) is 15.7. The monoisotopic (exact) mass is 278 g/mol. The SMILES string of the molecule is CC(C)(NC(=O)c1cc(F)ccc1C#CCO)C(N)=O. The number of nitrogens with two attached hydrogens (primary N) is 1. The third-order valence-corrected chi connectivity index (χ3v) is 2.57. The van der Waals surface area contributed by atoms with E-state index in [1.807, 2.05) is 0 Å². The Balaban J connectivity index is 3.15. The van der Waals surface area contributed by atoms with Crippen LogP contribution in [-0.4, -0.2) is 29.1 Å². The molecule has 20 heavy (non-hydrogen) atoms. The van der Waals surface area contributed by atoms with Gasteiger partial charge in [0, 0.05) is 5.56 Å². The maximum atomic E-state index is 13.3. The highest BCUT2D eigenvalue weighted by Crippen LogP contribution is 2.12. The smallest absolute Gasteiger partial charge is 0.253 e. The summed E-state index contributed by atoms with van der Waals surface area (Å²) in [4.78, 5) is 23.3. The minimum atomic E-state index is -1.27. The van der Waals surface area contributed by atoms with Gasteiger partial charge in [-0.05, 0) is 32.0 Å². The largest absolute Gasteiger partial charge is 0.384 e. The van der Waals surface area contributed by atoms with Gasteiger partial charge in [0.2, 0.25) is 5.91 Å². The number of primary amides is 1. The number of carbonyl (C=O) groups is 2. The Morgan fingerprint density at radius 1 is 1.45 bits per heavy atom. The summed E-state index contributed by atoms with van der Waals surface area (Å²) in [5.74, 6) is 2.92. The number of rotatable bonds is 3. The van der Waals surface area contributed by atoms with Gasteiger partial charge in [0.1, 0.15) is 18.0 Å². The molecule has 1 aromatic rings. The van der Waals surface area contributed by atoms with Gasteiger partial charge in [-0.1, -0.05) is 11.8 Å². The molecule has 0 aromatic heterocycles. The molecule has 0 unspecified atom stereocenters. The standard InChI is InChI=1S/C14H15FN2O3/c1-14(2,13(16)20)17-12(19)11-8-10(15)6-5-9(11)4-3-7-18/h5-6,8,18H,7H2,1-2H3,(H2,16,20)(H,17,19). The molecule has 0 aliphatic rings. The van der Waals surface area contributed by atoms with Gasteiger partial charge >= 0.3 is 0 Å². The molecule has 0 atom stereocenters. The Bertz CT molecular complexity index is 600. The summed E-state index contributed by atoms with van der Waals surface area (Å²) in [5.41, 5.74) is 4.10. The zero-order chi connectivity index (χ0) is 15.3. The Morgan fingerprint density at radius 3 is 2.65 bits per heavy atom. The van der Waals surface area contributed by atoms with Crippen molar-refractivity contribution in [2.75, 3.05) is 6.61 Å². The van der Waals surface area contributed by atoms with Crippen LogP contribution >= 0.6 is 0 Å². The van der Waals surface area contributed by atoms with Crippen LogP contribution in [0.4, 0.5) is 4.39 Å². The summed E-state index contributed by atoms with van der Waals surface area (Å²) in [5, 5.41) is 11.1. The summed E-state index contributed by atoms with van der Waals surface area (Å²) in [6, 6.07) is 3.48. The molecular weight excluding hydrogens is 263 g/mol. The number of nitrogens with one attached hydrogen (secondary N) is 1. The van der Waals surface area contributed by atoms with Gasteiger partial charge in [-0.25, -0.2) is 4.39 Å². The number of aliphatic hydroxyl groups excluding tert-OH is 1. The first-order chi connectivity index (χ1) is 9.27. The van der Waals surface area contributed by atoms with Gasteiger partial charge in [0.05, 0.1) is 5.56 Å². The minimum absolute atomic E-state index is 0.0275. The van der Waals surface area contributed by atoms with Crippen molar-refractivity contribution < 1.29 is 19.1 Å². The molecule has 106 valence electrons. The average Bonchev–Trinajstić information content (AvgIpc) is 2.36. The summed E-state index contributed by atoms with van der Waals surface area (Å²) < 4.78 is 13.3. The van der Waals surface area contributed by atoms with E-state index >= 15 is 0 Å². The minimum Gasteiger partial charge on any atom is -0.384 e. The number of aliphatic hydroxyl groups is 1.